The number of hydrogen-bond donors (Lipinski definition) is 0. The zero-order valence-electron chi connectivity index (χ0n) is 13.8. The van der Waals surface area contributed by atoms with Crippen molar-refractivity contribution >= 4 is 14.8 Å². The Labute approximate surface area is 139 Å². The maximum absolute atomic E-state index is 6.15. The molecule has 0 spiro atoms. The molecule has 0 heterocycles. The van der Waals surface area contributed by atoms with Crippen LogP contribution >= 0.6 is 0 Å². The van der Waals surface area contributed by atoms with Crippen LogP contribution in [0, 0.1) is 0 Å². The summed E-state index contributed by atoms with van der Waals surface area (Å²) in [7, 11) is 0. The van der Waals surface area contributed by atoms with Crippen molar-refractivity contribution in [3.63, 3.8) is 0 Å². The molecule has 116 valence electrons. The topological polar surface area (TPSA) is 18.5 Å². The molecule has 0 saturated heterocycles. The molecule has 0 fully saturated rings. The molecular formula is C19H25AlO2. The predicted octanol–water partition coefficient (Wildman–Crippen LogP) is 5.17. The second-order valence-corrected chi connectivity index (χ2v) is 7.13. The van der Waals surface area contributed by atoms with E-state index >= 15 is 0 Å². The van der Waals surface area contributed by atoms with E-state index in [4.69, 9.17) is 7.58 Å². The number of benzene rings is 2. The lowest BCUT2D eigenvalue weighted by Gasteiger charge is -2.18. The van der Waals surface area contributed by atoms with Crippen LogP contribution in [-0.4, -0.2) is 14.8 Å². The van der Waals surface area contributed by atoms with Crippen molar-refractivity contribution in [2.45, 2.75) is 45.3 Å². The number of aryl methyl sites for hydroxylation is 2. The molecule has 2 aromatic carbocycles. The molecule has 0 radical (unpaired) electrons. The largest absolute Gasteiger partial charge is 0.853 e. The van der Waals surface area contributed by atoms with E-state index in [1.165, 1.54) is 11.1 Å². The van der Waals surface area contributed by atoms with E-state index < -0.39 is 14.8 Å². The van der Waals surface area contributed by atoms with Gasteiger partial charge < -0.3 is 7.58 Å². The first-order valence-electron chi connectivity index (χ1n) is 8.23. The average Bonchev–Trinajstić information content (AvgIpc) is 2.52. The maximum atomic E-state index is 6.15. The van der Waals surface area contributed by atoms with Crippen LogP contribution in [0.2, 0.25) is 5.79 Å². The summed E-state index contributed by atoms with van der Waals surface area (Å²) in [6.07, 6.45) is 4.33. The zero-order chi connectivity index (χ0) is 15.8. The molecule has 0 atom stereocenters. The first-order valence-corrected chi connectivity index (χ1v) is 10.3. The quantitative estimate of drug-likeness (QED) is 0.626. The van der Waals surface area contributed by atoms with E-state index in [1.807, 2.05) is 12.1 Å². The molecule has 3 heteroatoms. The SMILES string of the molecule is CCCc1ccccc1[O][Al]([CH3])[O]c1ccccc1CCC. The molecule has 0 amide bonds. The fraction of sp³-hybridized carbons (Fsp3) is 0.368. The fourth-order valence-corrected chi connectivity index (χ4v) is 3.79. The van der Waals surface area contributed by atoms with E-state index in [1.54, 1.807) is 0 Å². The van der Waals surface area contributed by atoms with Gasteiger partial charge in [0, 0.05) is 0 Å². The summed E-state index contributed by atoms with van der Waals surface area (Å²) < 4.78 is 12.3. The Hall–Kier alpha value is -1.43. The van der Waals surface area contributed by atoms with Gasteiger partial charge in [0.05, 0.1) is 11.5 Å². The molecule has 2 aromatic rings. The second-order valence-electron chi connectivity index (χ2n) is 5.52. The Morgan fingerprint density at radius 3 is 1.55 bits per heavy atom. The third kappa shape index (κ3) is 4.80. The van der Waals surface area contributed by atoms with Crippen LogP contribution in [0.4, 0.5) is 0 Å². The van der Waals surface area contributed by atoms with Crippen LogP contribution in [0.1, 0.15) is 37.8 Å². The molecule has 22 heavy (non-hydrogen) atoms. The van der Waals surface area contributed by atoms with Crippen molar-refractivity contribution in [2.24, 2.45) is 0 Å². The summed E-state index contributed by atoms with van der Waals surface area (Å²) in [6.45, 7) is 4.38. The lowest BCUT2D eigenvalue weighted by molar-refractivity contribution is 0.425. The van der Waals surface area contributed by atoms with Crippen molar-refractivity contribution < 1.29 is 7.58 Å². The molecule has 0 aromatic heterocycles. The average molecular weight is 312 g/mol. The van der Waals surface area contributed by atoms with Gasteiger partial charge in [-0.15, -0.1) is 0 Å². The van der Waals surface area contributed by atoms with Gasteiger partial charge in [-0.25, -0.2) is 0 Å². The standard InChI is InChI=1S/2C9H12O.CH3.Al/c2*1-2-5-8-6-3-4-7-9(8)10;;/h2*3-4,6-7,10H,2,5H2,1H3;1H3;/q;;;+2/p-2. The highest BCUT2D eigenvalue weighted by Crippen LogP contribution is 2.23. The summed E-state index contributed by atoms with van der Waals surface area (Å²) in [5.41, 5.74) is 2.55. The van der Waals surface area contributed by atoms with Crippen LogP contribution in [0.3, 0.4) is 0 Å². The minimum Gasteiger partial charge on any atom is -0.612 e. The highest BCUT2D eigenvalue weighted by atomic mass is 27.2. The zero-order valence-corrected chi connectivity index (χ0v) is 15.0. The molecular weight excluding hydrogens is 287 g/mol. The van der Waals surface area contributed by atoms with Crippen molar-refractivity contribution in [1.29, 1.82) is 0 Å². The smallest absolute Gasteiger partial charge is 0.612 e. The Morgan fingerprint density at radius 1 is 0.727 bits per heavy atom. The van der Waals surface area contributed by atoms with Crippen LogP contribution in [0.25, 0.3) is 0 Å². The predicted molar refractivity (Wildman–Crippen MR) is 93.7 cm³/mol. The normalized spacial score (nSPS) is 10.3. The molecule has 0 unspecified atom stereocenters. The summed E-state index contributed by atoms with van der Waals surface area (Å²) in [5.74, 6) is 4.05. The van der Waals surface area contributed by atoms with Gasteiger partial charge in [0.2, 0.25) is 0 Å². The van der Waals surface area contributed by atoms with Gasteiger partial charge in [-0.05, 0) is 41.9 Å². The van der Waals surface area contributed by atoms with Gasteiger partial charge in [-0.3, -0.25) is 0 Å². The van der Waals surface area contributed by atoms with Crippen LogP contribution in [0.15, 0.2) is 48.5 Å². The highest BCUT2D eigenvalue weighted by Gasteiger charge is 2.26. The van der Waals surface area contributed by atoms with Crippen molar-refractivity contribution in [1.82, 2.24) is 0 Å². The summed E-state index contributed by atoms with van der Waals surface area (Å²) in [4.78, 5) is 0. The Kier molecular flexibility index (Phi) is 6.84. The van der Waals surface area contributed by atoms with E-state index in [0.29, 0.717) is 0 Å². The van der Waals surface area contributed by atoms with E-state index in [0.717, 1.165) is 37.2 Å². The second kappa shape index (κ2) is 8.88. The van der Waals surface area contributed by atoms with Gasteiger partial charge in [-0.2, -0.15) is 0 Å². The van der Waals surface area contributed by atoms with E-state index in [9.17, 15) is 0 Å². The molecule has 0 aliphatic heterocycles. The van der Waals surface area contributed by atoms with Crippen LogP contribution in [0.5, 0.6) is 11.5 Å². The minimum absolute atomic E-state index is 0.983. The first kappa shape index (κ1) is 16.9. The first-order chi connectivity index (χ1) is 10.7. The molecule has 0 aliphatic rings. The van der Waals surface area contributed by atoms with Gasteiger partial charge in [0.1, 0.15) is 0 Å². The van der Waals surface area contributed by atoms with E-state index in [-0.39, 0.29) is 0 Å². The third-order valence-electron chi connectivity index (χ3n) is 3.57. The molecule has 2 nitrogen and oxygen atoms in total. The Balaban J connectivity index is 2.06. The summed E-state index contributed by atoms with van der Waals surface area (Å²) in [5, 5.41) is 0. The Bertz CT molecular complexity index is 532. The minimum atomic E-state index is -1.76. The monoisotopic (exact) mass is 312 g/mol. The fourth-order valence-electron chi connectivity index (χ4n) is 2.57. The Morgan fingerprint density at radius 2 is 1.14 bits per heavy atom. The lowest BCUT2D eigenvalue weighted by Crippen LogP contribution is -2.26. The van der Waals surface area contributed by atoms with Gasteiger partial charge in [-0.1, -0.05) is 63.1 Å². The van der Waals surface area contributed by atoms with Crippen LogP contribution in [-0.2, 0) is 12.8 Å². The number of hydrogen-bond acceptors (Lipinski definition) is 2. The van der Waals surface area contributed by atoms with E-state index in [2.05, 4.69) is 56.0 Å². The summed E-state index contributed by atoms with van der Waals surface area (Å²) >= 11 is -1.76. The van der Waals surface area contributed by atoms with Gasteiger partial charge >= 0.3 is 14.8 Å². The third-order valence-corrected chi connectivity index (χ3v) is 4.74. The van der Waals surface area contributed by atoms with Crippen molar-refractivity contribution in [3.05, 3.63) is 59.7 Å². The van der Waals surface area contributed by atoms with Crippen LogP contribution < -0.4 is 7.58 Å². The molecule has 2 rings (SSSR count). The van der Waals surface area contributed by atoms with Crippen molar-refractivity contribution in [3.8, 4) is 11.5 Å². The van der Waals surface area contributed by atoms with Crippen molar-refractivity contribution in [2.75, 3.05) is 0 Å². The lowest BCUT2D eigenvalue weighted by atomic mass is 10.1. The molecule has 0 N–H and O–H groups in total. The molecule has 0 aliphatic carbocycles. The summed E-state index contributed by atoms with van der Waals surface area (Å²) in [6, 6.07) is 16.6. The molecule has 0 saturated carbocycles. The number of rotatable bonds is 8. The van der Waals surface area contributed by atoms with Gasteiger partial charge in [0.25, 0.3) is 0 Å². The maximum Gasteiger partial charge on any atom is 0.853 e. The molecule has 0 bridgehead atoms. The van der Waals surface area contributed by atoms with Gasteiger partial charge in [0.15, 0.2) is 0 Å². The highest BCUT2D eigenvalue weighted by molar-refractivity contribution is 6.44. The number of para-hydroxylation sites is 2.